The van der Waals surface area contributed by atoms with E-state index in [0.29, 0.717) is 0 Å². The van der Waals surface area contributed by atoms with Crippen LogP contribution in [0, 0.1) is 0 Å². The number of thiazole rings is 1. The van der Waals surface area contributed by atoms with Crippen LogP contribution in [-0.2, 0) is 0 Å². The Labute approximate surface area is 94.7 Å². The molecule has 0 saturated heterocycles. The maximum absolute atomic E-state index is 5.16. The number of rotatable bonds is 2. The predicted octanol–water partition coefficient (Wildman–Crippen LogP) is 3.58. The van der Waals surface area contributed by atoms with Gasteiger partial charge in [0, 0.05) is 0 Å². The van der Waals surface area contributed by atoms with Crippen LogP contribution in [-0.4, -0.2) is 12.1 Å². The molecule has 1 aromatic heterocycles. The van der Waals surface area contributed by atoms with Crippen LogP contribution in [0.1, 0.15) is 0 Å². The molecule has 0 fully saturated rings. The molecular formula is C10H8BrNOS. The highest BCUT2D eigenvalue weighted by molar-refractivity contribution is 9.10. The topological polar surface area (TPSA) is 22.1 Å². The lowest BCUT2D eigenvalue weighted by molar-refractivity contribution is 0.415. The van der Waals surface area contributed by atoms with Crippen molar-refractivity contribution in [3.63, 3.8) is 0 Å². The summed E-state index contributed by atoms with van der Waals surface area (Å²) >= 11 is 5.02. The molecule has 0 unspecified atom stereocenters. The van der Waals surface area contributed by atoms with E-state index in [0.717, 1.165) is 20.8 Å². The number of benzene rings is 1. The third kappa shape index (κ3) is 1.81. The molecular weight excluding hydrogens is 262 g/mol. The van der Waals surface area contributed by atoms with Crippen molar-refractivity contribution < 1.29 is 4.74 Å². The largest absolute Gasteiger partial charge is 0.497 e. The summed E-state index contributed by atoms with van der Waals surface area (Å²) < 4.78 is 6.05. The van der Waals surface area contributed by atoms with E-state index in [1.165, 1.54) is 0 Å². The Morgan fingerprint density at radius 2 is 2.29 bits per heavy atom. The summed E-state index contributed by atoms with van der Waals surface area (Å²) in [5, 5.41) is 0. The summed E-state index contributed by atoms with van der Waals surface area (Å²) in [4.78, 5) is 5.27. The quantitative estimate of drug-likeness (QED) is 0.832. The van der Waals surface area contributed by atoms with Gasteiger partial charge in [-0.2, -0.15) is 0 Å². The minimum Gasteiger partial charge on any atom is -0.497 e. The Morgan fingerprint density at radius 3 is 2.93 bits per heavy atom. The lowest BCUT2D eigenvalue weighted by Crippen LogP contribution is -1.82. The lowest BCUT2D eigenvalue weighted by Gasteiger charge is -2.02. The van der Waals surface area contributed by atoms with Gasteiger partial charge in [-0.05, 0) is 33.6 Å². The monoisotopic (exact) mass is 269 g/mol. The maximum Gasteiger partial charge on any atom is 0.124 e. The minimum atomic E-state index is 0.864. The van der Waals surface area contributed by atoms with Crippen LogP contribution >= 0.6 is 27.3 Å². The van der Waals surface area contributed by atoms with E-state index in [1.807, 2.05) is 29.8 Å². The number of aromatic nitrogens is 1. The fourth-order valence-electron chi connectivity index (χ4n) is 1.18. The molecule has 1 aromatic carbocycles. The van der Waals surface area contributed by atoms with Crippen molar-refractivity contribution in [1.29, 1.82) is 0 Å². The van der Waals surface area contributed by atoms with Gasteiger partial charge >= 0.3 is 0 Å². The fourth-order valence-corrected chi connectivity index (χ4v) is 2.61. The molecule has 0 atom stereocenters. The molecule has 0 spiro atoms. The zero-order valence-corrected chi connectivity index (χ0v) is 9.93. The predicted molar refractivity (Wildman–Crippen MR) is 61.8 cm³/mol. The summed E-state index contributed by atoms with van der Waals surface area (Å²) in [5.74, 6) is 0.864. The molecule has 0 bridgehead atoms. The Hall–Kier alpha value is -0.870. The van der Waals surface area contributed by atoms with Crippen molar-refractivity contribution in [2.45, 2.75) is 0 Å². The van der Waals surface area contributed by atoms with Gasteiger partial charge in [-0.3, -0.25) is 0 Å². The standard InChI is InChI=1S/C10H8BrNOS/c1-13-8-4-2-3-7(5-8)9-10(11)12-6-14-9/h2-6H,1H3. The van der Waals surface area contributed by atoms with Crippen molar-refractivity contribution in [3.8, 4) is 16.2 Å². The summed E-state index contributed by atoms with van der Waals surface area (Å²) in [6.45, 7) is 0. The molecule has 72 valence electrons. The summed E-state index contributed by atoms with van der Waals surface area (Å²) in [5.41, 5.74) is 2.94. The average molecular weight is 270 g/mol. The number of hydrogen-bond donors (Lipinski definition) is 0. The highest BCUT2D eigenvalue weighted by atomic mass is 79.9. The molecule has 0 aliphatic rings. The van der Waals surface area contributed by atoms with Gasteiger partial charge < -0.3 is 4.74 Å². The molecule has 1 heterocycles. The second kappa shape index (κ2) is 4.11. The van der Waals surface area contributed by atoms with E-state index in [1.54, 1.807) is 18.4 Å². The minimum absolute atomic E-state index is 0.864. The normalized spacial score (nSPS) is 10.1. The van der Waals surface area contributed by atoms with Crippen LogP contribution in [0.15, 0.2) is 34.4 Å². The number of nitrogens with zero attached hydrogens (tertiary/aromatic N) is 1. The molecule has 0 amide bonds. The highest BCUT2D eigenvalue weighted by Gasteiger charge is 2.06. The zero-order valence-electron chi connectivity index (χ0n) is 7.53. The van der Waals surface area contributed by atoms with Crippen molar-refractivity contribution in [2.75, 3.05) is 7.11 Å². The van der Waals surface area contributed by atoms with Crippen LogP contribution in [0.5, 0.6) is 5.75 Å². The third-order valence-electron chi connectivity index (χ3n) is 1.86. The Morgan fingerprint density at radius 1 is 1.43 bits per heavy atom. The number of methoxy groups -OCH3 is 1. The van der Waals surface area contributed by atoms with Gasteiger partial charge in [0.2, 0.25) is 0 Å². The van der Waals surface area contributed by atoms with E-state index in [2.05, 4.69) is 20.9 Å². The fraction of sp³-hybridized carbons (Fsp3) is 0.100. The molecule has 0 aliphatic carbocycles. The van der Waals surface area contributed by atoms with E-state index >= 15 is 0 Å². The van der Waals surface area contributed by atoms with Gasteiger partial charge in [0.25, 0.3) is 0 Å². The van der Waals surface area contributed by atoms with Crippen LogP contribution in [0.2, 0.25) is 0 Å². The van der Waals surface area contributed by atoms with Crippen LogP contribution < -0.4 is 4.74 Å². The second-order valence-electron chi connectivity index (χ2n) is 2.70. The van der Waals surface area contributed by atoms with Gasteiger partial charge in [-0.1, -0.05) is 12.1 Å². The summed E-state index contributed by atoms with van der Waals surface area (Å²) in [7, 11) is 1.67. The smallest absolute Gasteiger partial charge is 0.124 e. The maximum atomic E-state index is 5.16. The Bertz CT molecular complexity index is 441. The molecule has 14 heavy (non-hydrogen) atoms. The van der Waals surface area contributed by atoms with E-state index in [-0.39, 0.29) is 0 Å². The molecule has 4 heteroatoms. The first-order valence-electron chi connectivity index (χ1n) is 4.04. The Balaban J connectivity index is 2.47. The van der Waals surface area contributed by atoms with E-state index in [4.69, 9.17) is 4.74 Å². The molecule has 0 N–H and O–H groups in total. The molecule has 0 aliphatic heterocycles. The van der Waals surface area contributed by atoms with Crippen molar-refractivity contribution in [2.24, 2.45) is 0 Å². The SMILES string of the molecule is COc1cccc(-c2scnc2Br)c1. The van der Waals surface area contributed by atoms with E-state index in [9.17, 15) is 0 Å². The van der Waals surface area contributed by atoms with Crippen molar-refractivity contribution in [1.82, 2.24) is 4.98 Å². The first-order valence-corrected chi connectivity index (χ1v) is 5.72. The van der Waals surface area contributed by atoms with Crippen molar-refractivity contribution in [3.05, 3.63) is 34.4 Å². The first-order chi connectivity index (χ1) is 6.81. The summed E-state index contributed by atoms with van der Waals surface area (Å²) in [6.07, 6.45) is 0. The van der Waals surface area contributed by atoms with Gasteiger partial charge in [-0.25, -0.2) is 4.98 Å². The lowest BCUT2D eigenvalue weighted by atomic mass is 10.2. The van der Waals surface area contributed by atoms with Gasteiger partial charge in [-0.15, -0.1) is 11.3 Å². The third-order valence-corrected chi connectivity index (χ3v) is 3.60. The molecule has 2 rings (SSSR count). The number of hydrogen-bond acceptors (Lipinski definition) is 3. The first kappa shape index (κ1) is 9.68. The van der Waals surface area contributed by atoms with Crippen LogP contribution in [0.25, 0.3) is 10.4 Å². The number of halogens is 1. The van der Waals surface area contributed by atoms with Crippen molar-refractivity contribution >= 4 is 27.3 Å². The molecule has 0 radical (unpaired) electrons. The zero-order chi connectivity index (χ0) is 9.97. The average Bonchev–Trinajstić information content (AvgIpc) is 2.65. The molecule has 2 aromatic rings. The highest BCUT2D eigenvalue weighted by Crippen LogP contribution is 2.32. The van der Waals surface area contributed by atoms with Gasteiger partial charge in [0.15, 0.2) is 0 Å². The number of ether oxygens (including phenoxy) is 1. The van der Waals surface area contributed by atoms with E-state index < -0.39 is 0 Å². The van der Waals surface area contributed by atoms with Gasteiger partial charge in [0.05, 0.1) is 17.5 Å². The molecule has 2 nitrogen and oxygen atoms in total. The van der Waals surface area contributed by atoms with Gasteiger partial charge in [0.1, 0.15) is 10.4 Å². The van der Waals surface area contributed by atoms with Crippen LogP contribution in [0.3, 0.4) is 0 Å². The van der Waals surface area contributed by atoms with Crippen LogP contribution in [0.4, 0.5) is 0 Å². The molecule has 0 saturated carbocycles. The summed E-state index contributed by atoms with van der Waals surface area (Å²) in [6, 6.07) is 7.94. The Kier molecular flexibility index (Phi) is 2.84. The second-order valence-corrected chi connectivity index (χ2v) is 4.31.